The molecule has 1 amide bonds. The van der Waals surface area contributed by atoms with E-state index >= 15 is 0 Å². The number of hydrogen-bond donors (Lipinski definition) is 0. The number of nitrogens with zero attached hydrogens (tertiary/aromatic N) is 1. The predicted molar refractivity (Wildman–Crippen MR) is 93.5 cm³/mol. The molecule has 2 heterocycles. The van der Waals surface area contributed by atoms with Gasteiger partial charge in [-0.15, -0.1) is 0 Å². The van der Waals surface area contributed by atoms with Crippen LogP contribution in [0.5, 0.6) is 0 Å². The number of fused-ring (bicyclic) bond motifs is 2. The number of carbonyl (C=O) groups is 1. The highest BCUT2D eigenvalue weighted by atomic mass is 19.3. The zero-order valence-corrected chi connectivity index (χ0v) is 15.0. The molecule has 1 saturated heterocycles. The second kappa shape index (κ2) is 6.77. The van der Waals surface area contributed by atoms with E-state index in [1.165, 1.54) is 12.1 Å². The molecule has 2 bridgehead atoms. The van der Waals surface area contributed by atoms with E-state index in [9.17, 15) is 13.6 Å². The summed E-state index contributed by atoms with van der Waals surface area (Å²) in [6.45, 7) is 5.61. The van der Waals surface area contributed by atoms with Gasteiger partial charge in [-0.25, -0.2) is 13.6 Å². The van der Waals surface area contributed by atoms with Crippen LogP contribution in [-0.4, -0.2) is 28.7 Å². The fourth-order valence-corrected chi connectivity index (χ4v) is 3.69. The molecule has 3 rings (SSSR count). The van der Waals surface area contributed by atoms with Gasteiger partial charge in [-0.2, -0.15) is 0 Å². The molecule has 1 aromatic rings. The third-order valence-corrected chi connectivity index (χ3v) is 4.77. The van der Waals surface area contributed by atoms with Crippen molar-refractivity contribution in [3.05, 3.63) is 41.5 Å². The summed E-state index contributed by atoms with van der Waals surface area (Å²) in [5.41, 5.74) is 1.62. The van der Waals surface area contributed by atoms with Crippen molar-refractivity contribution in [3.63, 3.8) is 0 Å². The molecule has 136 valence electrons. The van der Waals surface area contributed by atoms with Crippen molar-refractivity contribution in [3.8, 4) is 0 Å². The van der Waals surface area contributed by atoms with E-state index in [-0.39, 0.29) is 23.7 Å². The molecule has 0 radical (unpaired) electrons. The van der Waals surface area contributed by atoms with Gasteiger partial charge in [0, 0.05) is 11.6 Å². The van der Waals surface area contributed by atoms with Crippen LogP contribution in [0.4, 0.5) is 13.6 Å². The maximum Gasteiger partial charge on any atom is 0.411 e. The molecule has 0 aromatic heterocycles. The Kier molecular flexibility index (Phi) is 4.85. The number of amides is 1. The number of halogens is 2. The van der Waals surface area contributed by atoms with Crippen molar-refractivity contribution in [1.29, 1.82) is 0 Å². The normalized spacial score (nSPS) is 23.4. The molecule has 2 atom stereocenters. The summed E-state index contributed by atoms with van der Waals surface area (Å²) in [6.07, 6.45) is 3.09. The second-order valence-electron chi connectivity index (χ2n) is 7.86. The molecule has 5 heteroatoms. The Balaban J connectivity index is 1.82. The van der Waals surface area contributed by atoms with Crippen LogP contribution in [0, 0.1) is 0 Å². The van der Waals surface area contributed by atoms with Gasteiger partial charge in [-0.1, -0.05) is 30.3 Å². The molecule has 0 N–H and O–H groups in total. The van der Waals surface area contributed by atoms with Crippen molar-refractivity contribution in [1.82, 2.24) is 4.90 Å². The maximum atomic E-state index is 12.7. The van der Waals surface area contributed by atoms with Crippen LogP contribution in [0.25, 0.3) is 5.57 Å². The zero-order chi connectivity index (χ0) is 18.2. The monoisotopic (exact) mass is 349 g/mol. The smallest absolute Gasteiger partial charge is 0.411 e. The first kappa shape index (κ1) is 17.9. The first-order chi connectivity index (χ1) is 11.7. The van der Waals surface area contributed by atoms with E-state index in [4.69, 9.17) is 4.74 Å². The quantitative estimate of drug-likeness (QED) is 0.698. The van der Waals surface area contributed by atoms with Gasteiger partial charge in [0.2, 0.25) is 0 Å². The fourth-order valence-electron chi connectivity index (χ4n) is 3.69. The average molecular weight is 349 g/mol. The Labute approximate surface area is 147 Å². The summed E-state index contributed by atoms with van der Waals surface area (Å²) in [4.78, 5) is 14.4. The van der Waals surface area contributed by atoms with Gasteiger partial charge in [0.15, 0.2) is 0 Å². The first-order valence-electron chi connectivity index (χ1n) is 8.85. The van der Waals surface area contributed by atoms with Crippen LogP contribution in [0.2, 0.25) is 0 Å². The van der Waals surface area contributed by atoms with E-state index in [1.54, 1.807) is 12.1 Å². The standard InChI is InChI=1S/C20H25F2NO2/c1-20(2,3)25-19(24)23-16-5-4-6-17(23)12-15(11-16)13-7-9-14(10-8-13)18(21)22/h7-11,16-18H,4-6,12H2,1-3H3. The van der Waals surface area contributed by atoms with Crippen LogP contribution in [0.3, 0.4) is 0 Å². The molecule has 0 spiro atoms. The van der Waals surface area contributed by atoms with Gasteiger partial charge in [-0.05, 0) is 57.6 Å². The number of alkyl halides is 2. The van der Waals surface area contributed by atoms with E-state index in [2.05, 4.69) is 6.08 Å². The number of hydrogen-bond acceptors (Lipinski definition) is 2. The lowest BCUT2D eigenvalue weighted by Crippen LogP contribution is -2.53. The van der Waals surface area contributed by atoms with Gasteiger partial charge < -0.3 is 4.74 Å². The van der Waals surface area contributed by atoms with Gasteiger partial charge in [0.25, 0.3) is 6.43 Å². The highest BCUT2D eigenvalue weighted by molar-refractivity contribution is 5.74. The van der Waals surface area contributed by atoms with Crippen molar-refractivity contribution >= 4 is 11.7 Å². The van der Waals surface area contributed by atoms with Crippen molar-refractivity contribution in [2.45, 2.75) is 70.6 Å². The molecule has 25 heavy (non-hydrogen) atoms. The molecule has 3 nitrogen and oxygen atoms in total. The van der Waals surface area contributed by atoms with Crippen LogP contribution in [0.15, 0.2) is 30.3 Å². The second-order valence-corrected chi connectivity index (χ2v) is 7.86. The van der Waals surface area contributed by atoms with Crippen LogP contribution in [-0.2, 0) is 4.74 Å². The first-order valence-corrected chi connectivity index (χ1v) is 8.85. The maximum absolute atomic E-state index is 12.7. The molecule has 2 aliphatic rings. The van der Waals surface area contributed by atoms with Gasteiger partial charge in [-0.3, -0.25) is 4.90 Å². The molecule has 0 aliphatic carbocycles. The van der Waals surface area contributed by atoms with Crippen LogP contribution in [0.1, 0.15) is 64.0 Å². The molecule has 1 aromatic carbocycles. The van der Waals surface area contributed by atoms with E-state index in [0.29, 0.717) is 0 Å². The van der Waals surface area contributed by atoms with Crippen LogP contribution >= 0.6 is 0 Å². The minimum Gasteiger partial charge on any atom is -0.444 e. The van der Waals surface area contributed by atoms with Crippen molar-refractivity contribution in [2.24, 2.45) is 0 Å². The van der Waals surface area contributed by atoms with Gasteiger partial charge in [0.1, 0.15) is 5.60 Å². The van der Waals surface area contributed by atoms with Gasteiger partial charge >= 0.3 is 6.09 Å². The summed E-state index contributed by atoms with van der Waals surface area (Å²) in [7, 11) is 0. The summed E-state index contributed by atoms with van der Waals surface area (Å²) < 4.78 is 31.0. The number of carbonyl (C=O) groups excluding carboxylic acids is 1. The van der Waals surface area contributed by atoms with E-state index in [0.717, 1.165) is 36.8 Å². The lowest BCUT2D eigenvalue weighted by Gasteiger charge is -2.45. The Morgan fingerprint density at radius 3 is 2.44 bits per heavy atom. The van der Waals surface area contributed by atoms with Crippen molar-refractivity contribution < 1.29 is 18.3 Å². The average Bonchev–Trinajstić information content (AvgIpc) is 2.52. The van der Waals surface area contributed by atoms with Crippen LogP contribution < -0.4 is 0 Å². The number of piperidine rings is 1. The minimum atomic E-state index is -2.45. The third kappa shape index (κ3) is 4.02. The molecule has 0 saturated carbocycles. The molecule has 2 aliphatic heterocycles. The summed E-state index contributed by atoms with van der Waals surface area (Å²) in [5, 5.41) is 0. The number of ether oxygens (including phenoxy) is 1. The predicted octanol–water partition coefficient (Wildman–Crippen LogP) is 5.57. The van der Waals surface area contributed by atoms with E-state index < -0.39 is 12.0 Å². The topological polar surface area (TPSA) is 29.5 Å². The number of benzene rings is 1. The molecular formula is C20H25F2NO2. The van der Waals surface area contributed by atoms with Crippen molar-refractivity contribution in [2.75, 3.05) is 0 Å². The fraction of sp³-hybridized carbons (Fsp3) is 0.550. The van der Waals surface area contributed by atoms with Gasteiger partial charge in [0.05, 0.1) is 6.04 Å². The summed E-state index contributed by atoms with van der Waals surface area (Å²) in [5.74, 6) is 0. The highest BCUT2D eigenvalue weighted by Crippen LogP contribution is 2.38. The highest BCUT2D eigenvalue weighted by Gasteiger charge is 2.39. The Hall–Kier alpha value is -1.91. The zero-order valence-electron chi connectivity index (χ0n) is 15.0. The summed E-state index contributed by atoms with van der Waals surface area (Å²) in [6, 6.07) is 6.61. The SMILES string of the molecule is CC(C)(C)OC(=O)N1C2C=C(c3ccc(C(F)F)cc3)CC1CCC2. The Morgan fingerprint density at radius 2 is 1.88 bits per heavy atom. The minimum absolute atomic E-state index is 0.0205. The Bertz CT molecular complexity index is 661. The molecule has 1 fully saturated rings. The third-order valence-electron chi connectivity index (χ3n) is 4.77. The molecular weight excluding hydrogens is 324 g/mol. The lowest BCUT2D eigenvalue weighted by molar-refractivity contribution is 0.0000803. The summed E-state index contributed by atoms with van der Waals surface area (Å²) >= 11 is 0. The Morgan fingerprint density at radius 1 is 1.20 bits per heavy atom. The molecule has 2 unspecified atom stereocenters. The lowest BCUT2D eigenvalue weighted by atomic mass is 9.83. The largest absolute Gasteiger partial charge is 0.444 e. The number of rotatable bonds is 2. The van der Waals surface area contributed by atoms with E-state index in [1.807, 2.05) is 25.7 Å².